The van der Waals surface area contributed by atoms with Crippen LogP contribution in [0.5, 0.6) is 0 Å². The number of nitrogens with one attached hydrogen (secondary N) is 3. The quantitative estimate of drug-likeness (QED) is 0.177. The molecule has 0 aliphatic carbocycles. The first-order valence-corrected chi connectivity index (χ1v) is 11.5. The summed E-state index contributed by atoms with van der Waals surface area (Å²) in [6.45, 7) is 4.89. The van der Waals surface area contributed by atoms with E-state index in [1.54, 1.807) is 13.8 Å². The van der Waals surface area contributed by atoms with E-state index < -0.39 is 53.8 Å². The number of hydrogen-bond donors (Lipinski definition) is 6. The van der Waals surface area contributed by atoms with E-state index in [1.807, 2.05) is 6.26 Å². The Kier molecular flexibility index (Phi) is 13.5. The molecular formula is C19H35N5O6S. The topological polar surface area (TPSA) is 194 Å². The zero-order valence-electron chi connectivity index (χ0n) is 18.5. The van der Waals surface area contributed by atoms with Gasteiger partial charge in [-0.3, -0.25) is 19.2 Å². The Balaban J connectivity index is 5.17. The first kappa shape index (κ1) is 28.7. The number of nitrogens with two attached hydrogens (primary N) is 2. The molecule has 12 heteroatoms. The van der Waals surface area contributed by atoms with Gasteiger partial charge in [0.05, 0.1) is 6.04 Å². The monoisotopic (exact) mass is 461 g/mol. The van der Waals surface area contributed by atoms with Gasteiger partial charge in [-0.2, -0.15) is 11.8 Å². The van der Waals surface area contributed by atoms with Crippen molar-refractivity contribution >= 4 is 41.4 Å². The molecule has 0 bridgehead atoms. The van der Waals surface area contributed by atoms with Gasteiger partial charge in [0.1, 0.15) is 18.1 Å². The molecule has 5 atom stereocenters. The Hall–Kier alpha value is -2.34. The number of carboxylic acids is 1. The van der Waals surface area contributed by atoms with Crippen molar-refractivity contribution < 1.29 is 29.1 Å². The lowest BCUT2D eigenvalue weighted by atomic mass is 9.98. The summed E-state index contributed by atoms with van der Waals surface area (Å²) < 4.78 is 0. The number of carboxylic acid groups (broad SMARTS) is 1. The highest BCUT2D eigenvalue weighted by Gasteiger charge is 2.31. The molecule has 4 amide bonds. The van der Waals surface area contributed by atoms with Crippen LogP contribution in [0.2, 0.25) is 0 Å². The molecule has 0 radical (unpaired) electrons. The van der Waals surface area contributed by atoms with Crippen LogP contribution in [0.1, 0.15) is 46.5 Å². The highest BCUT2D eigenvalue weighted by Crippen LogP contribution is 2.09. The summed E-state index contributed by atoms with van der Waals surface area (Å²) in [6, 6.07) is -4.13. The summed E-state index contributed by atoms with van der Waals surface area (Å²) in [5.41, 5.74) is 10.9. The molecule has 0 saturated carbocycles. The number of rotatable bonds is 15. The van der Waals surface area contributed by atoms with Crippen molar-refractivity contribution in [3.8, 4) is 0 Å². The maximum absolute atomic E-state index is 12.6. The average molecular weight is 462 g/mol. The maximum Gasteiger partial charge on any atom is 0.326 e. The highest BCUT2D eigenvalue weighted by atomic mass is 32.2. The normalized spacial score (nSPS) is 15.6. The molecule has 5 unspecified atom stereocenters. The maximum atomic E-state index is 12.6. The van der Waals surface area contributed by atoms with Gasteiger partial charge in [0, 0.05) is 6.42 Å². The van der Waals surface area contributed by atoms with Crippen molar-refractivity contribution in [1.29, 1.82) is 0 Å². The number of thioether (sulfide) groups is 1. The second-order valence-electron chi connectivity index (χ2n) is 7.39. The van der Waals surface area contributed by atoms with Crippen LogP contribution in [-0.4, -0.2) is 70.9 Å². The van der Waals surface area contributed by atoms with Crippen molar-refractivity contribution in [2.75, 3.05) is 12.0 Å². The molecule has 31 heavy (non-hydrogen) atoms. The van der Waals surface area contributed by atoms with Gasteiger partial charge < -0.3 is 32.5 Å². The number of carbonyl (C=O) groups is 5. The van der Waals surface area contributed by atoms with Crippen LogP contribution in [0.25, 0.3) is 0 Å². The Morgan fingerprint density at radius 3 is 2.06 bits per heavy atom. The van der Waals surface area contributed by atoms with Gasteiger partial charge >= 0.3 is 5.97 Å². The predicted octanol–water partition coefficient (Wildman–Crippen LogP) is -1.06. The molecule has 0 saturated heterocycles. The largest absolute Gasteiger partial charge is 0.480 e. The van der Waals surface area contributed by atoms with Crippen molar-refractivity contribution in [1.82, 2.24) is 16.0 Å². The van der Waals surface area contributed by atoms with E-state index in [9.17, 15) is 29.1 Å². The van der Waals surface area contributed by atoms with Crippen LogP contribution < -0.4 is 27.4 Å². The smallest absolute Gasteiger partial charge is 0.326 e. The Bertz CT molecular complexity index is 647. The fourth-order valence-corrected chi connectivity index (χ4v) is 3.04. The lowest BCUT2D eigenvalue weighted by Gasteiger charge is -2.25. The average Bonchev–Trinajstić information content (AvgIpc) is 2.71. The summed E-state index contributed by atoms with van der Waals surface area (Å²) in [6.07, 6.45) is 2.52. The summed E-state index contributed by atoms with van der Waals surface area (Å²) in [7, 11) is 0. The minimum atomic E-state index is -1.21. The van der Waals surface area contributed by atoms with Gasteiger partial charge in [0.15, 0.2) is 0 Å². The predicted molar refractivity (Wildman–Crippen MR) is 118 cm³/mol. The van der Waals surface area contributed by atoms with Gasteiger partial charge in [0.25, 0.3) is 0 Å². The van der Waals surface area contributed by atoms with Crippen molar-refractivity contribution in [2.45, 2.75) is 70.6 Å². The van der Waals surface area contributed by atoms with E-state index in [0.29, 0.717) is 18.6 Å². The van der Waals surface area contributed by atoms with Gasteiger partial charge in [-0.1, -0.05) is 20.3 Å². The first-order chi connectivity index (χ1) is 14.4. The molecule has 0 aromatic heterocycles. The Labute approximate surface area is 186 Å². The van der Waals surface area contributed by atoms with Crippen molar-refractivity contribution in [3.05, 3.63) is 0 Å². The minimum Gasteiger partial charge on any atom is -0.480 e. The molecule has 11 nitrogen and oxygen atoms in total. The summed E-state index contributed by atoms with van der Waals surface area (Å²) in [5, 5.41) is 16.7. The molecule has 0 heterocycles. The lowest BCUT2D eigenvalue weighted by molar-refractivity contribution is -0.144. The molecular weight excluding hydrogens is 426 g/mol. The summed E-state index contributed by atoms with van der Waals surface area (Å²) in [4.78, 5) is 59.9. The number of amides is 4. The lowest BCUT2D eigenvalue weighted by Crippen LogP contribution is -2.57. The standard InChI is InChI=1S/C19H35N5O6S/c1-5-10(2)15(19(29)30)24-18(28)13(6-7-14(21)25)23-16(26)11(3)22-17(27)12(20)8-9-31-4/h10-13,15H,5-9,20H2,1-4H3,(H2,21,25)(H,22,27)(H,23,26)(H,24,28)(H,29,30). The van der Waals surface area contributed by atoms with E-state index in [-0.39, 0.29) is 18.8 Å². The molecule has 8 N–H and O–H groups in total. The van der Waals surface area contributed by atoms with Crippen LogP contribution in [0.15, 0.2) is 0 Å². The minimum absolute atomic E-state index is 0.117. The Morgan fingerprint density at radius 1 is 0.968 bits per heavy atom. The van der Waals surface area contributed by atoms with Crippen LogP contribution in [-0.2, 0) is 24.0 Å². The second kappa shape index (κ2) is 14.6. The van der Waals surface area contributed by atoms with E-state index in [0.717, 1.165) is 0 Å². The van der Waals surface area contributed by atoms with Crippen LogP contribution in [0.3, 0.4) is 0 Å². The molecule has 0 fully saturated rings. The molecule has 0 rings (SSSR count). The van der Waals surface area contributed by atoms with E-state index in [2.05, 4.69) is 16.0 Å². The molecule has 0 aromatic rings. The highest BCUT2D eigenvalue weighted by molar-refractivity contribution is 7.98. The number of primary amides is 1. The van der Waals surface area contributed by atoms with Crippen LogP contribution in [0, 0.1) is 5.92 Å². The van der Waals surface area contributed by atoms with E-state index in [4.69, 9.17) is 11.5 Å². The summed E-state index contributed by atoms with van der Waals surface area (Å²) in [5.74, 6) is -3.48. The molecule has 0 aliphatic heterocycles. The first-order valence-electron chi connectivity index (χ1n) is 10.1. The zero-order valence-corrected chi connectivity index (χ0v) is 19.3. The van der Waals surface area contributed by atoms with Gasteiger partial charge in [-0.05, 0) is 37.7 Å². The number of carbonyl (C=O) groups excluding carboxylic acids is 4. The zero-order chi connectivity index (χ0) is 24.1. The van der Waals surface area contributed by atoms with Crippen molar-refractivity contribution in [2.24, 2.45) is 17.4 Å². The molecule has 178 valence electrons. The fraction of sp³-hybridized carbons (Fsp3) is 0.737. The number of aliphatic carboxylic acids is 1. The van der Waals surface area contributed by atoms with Crippen molar-refractivity contribution in [3.63, 3.8) is 0 Å². The SMILES string of the molecule is CCC(C)C(NC(=O)C(CCC(N)=O)NC(=O)C(C)NC(=O)C(N)CCSC)C(=O)O. The third-order valence-electron chi connectivity index (χ3n) is 4.81. The van der Waals surface area contributed by atoms with Gasteiger partial charge in [-0.15, -0.1) is 0 Å². The van der Waals surface area contributed by atoms with Gasteiger partial charge in [0.2, 0.25) is 23.6 Å². The second-order valence-corrected chi connectivity index (χ2v) is 8.38. The number of hydrogen-bond acceptors (Lipinski definition) is 7. The third kappa shape index (κ3) is 11.0. The molecule has 0 aromatic carbocycles. The van der Waals surface area contributed by atoms with Crippen LogP contribution >= 0.6 is 11.8 Å². The molecule has 0 aliphatic rings. The fourth-order valence-electron chi connectivity index (χ4n) is 2.55. The Morgan fingerprint density at radius 2 is 1.58 bits per heavy atom. The van der Waals surface area contributed by atoms with Crippen LogP contribution in [0.4, 0.5) is 0 Å². The third-order valence-corrected chi connectivity index (χ3v) is 5.45. The van der Waals surface area contributed by atoms with E-state index >= 15 is 0 Å². The van der Waals surface area contributed by atoms with Gasteiger partial charge in [-0.25, -0.2) is 4.79 Å². The van der Waals surface area contributed by atoms with E-state index in [1.165, 1.54) is 18.7 Å². The molecule has 0 spiro atoms. The summed E-state index contributed by atoms with van der Waals surface area (Å²) >= 11 is 1.54.